The van der Waals surface area contributed by atoms with Crippen molar-refractivity contribution in [3.63, 3.8) is 0 Å². The molecule has 0 saturated heterocycles. The van der Waals surface area contributed by atoms with E-state index in [0.717, 1.165) is 18.6 Å². The van der Waals surface area contributed by atoms with Gasteiger partial charge in [0.15, 0.2) is 17.1 Å². The standard InChI is InChI=1S/3C5H6N2O2.Fe/c3*1-4-5(8)7(9)3-2-6-4;/h3*2-3,8H,1H3;. The summed E-state index contributed by atoms with van der Waals surface area (Å²) in [6, 6.07) is 0. The zero-order chi connectivity index (χ0) is 20.6. The number of aromatic hydroxyl groups is 3. The van der Waals surface area contributed by atoms with E-state index in [1.807, 2.05) is 0 Å². The molecule has 0 amide bonds. The molecule has 0 fully saturated rings. The predicted molar refractivity (Wildman–Crippen MR) is 88.8 cm³/mol. The van der Waals surface area contributed by atoms with Gasteiger partial charge in [-0.1, -0.05) is 0 Å². The van der Waals surface area contributed by atoms with Crippen LogP contribution in [0.5, 0.6) is 17.6 Å². The number of hydrogen-bond donors (Lipinski definition) is 3. The molecule has 0 bridgehead atoms. The quantitative estimate of drug-likeness (QED) is 0.232. The molecule has 0 saturated carbocycles. The smallest absolute Gasteiger partial charge is 0.398 e. The number of aromatic nitrogens is 6. The van der Waals surface area contributed by atoms with E-state index in [9.17, 15) is 15.6 Å². The van der Waals surface area contributed by atoms with Gasteiger partial charge < -0.3 is 30.9 Å². The van der Waals surface area contributed by atoms with Crippen LogP contribution in [0.1, 0.15) is 17.1 Å². The van der Waals surface area contributed by atoms with Crippen molar-refractivity contribution >= 4 is 0 Å². The molecular formula is C15H18FeN6O6. The second kappa shape index (κ2) is 11.3. The zero-order valence-corrected chi connectivity index (χ0v) is 16.2. The maximum absolute atomic E-state index is 10.5. The van der Waals surface area contributed by atoms with Gasteiger partial charge >= 0.3 is 17.6 Å². The van der Waals surface area contributed by atoms with Crippen LogP contribution in [0.15, 0.2) is 37.2 Å². The minimum atomic E-state index is -0.336. The van der Waals surface area contributed by atoms with E-state index >= 15 is 0 Å². The summed E-state index contributed by atoms with van der Waals surface area (Å²) in [5, 5.41) is 57.8. The Hall–Kier alpha value is -3.44. The summed E-state index contributed by atoms with van der Waals surface area (Å²) in [7, 11) is 0. The fraction of sp³-hybridized carbons (Fsp3) is 0.200. The van der Waals surface area contributed by atoms with E-state index in [4.69, 9.17) is 15.3 Å². The van der Waals surface area contributed by atoms with Gasteiger partial charge in [-0.3, -0.25) is 0 Å². The molecule has 0 spiro atoms. The van der Waals surface area contributed by atoms with Crippen LogP contribution >= 0.6 is 0 Å². The molecule has 28 heavy (non-hydrogen) atoms. The predicted octanol–water partition coefficient (Wildman–Crippen LogP) is -0.815. The summed E-state index contributed by atoms with van der Waals surface area (Å²) < 4.78 is 1.09. The Bertz CT molecular complexity index is 736. The number of nitrogens with zero attached hydrogens (tertiary/aromatic N) is 6. The Morgan fingerprint density at radius 3 is 0.964 bits per heavy atom. The second-order valence-corrected chi connectivity index (χ2v) is 4.99. The van der Waals surface area contributed by atoms with E-state index in [0.29, 0.717) is 31.3 Å². The van der Waals surface area contributed by atoms with Crippen LogP contribution in [0.25, 0.3) is 0 Å². The molecule has 0 unspecified atom stereocenters. The molecule has 3 aromatic rings. The molecule has 0 aromatic carbocycles. The Morgan fingerprint density at radius 2 is 0.821 bits per heavy atom. The third-order valence-electron chi connectivity index (χ3n) is 3.01. The number of aryl methyl sites for hydroxylation is 3. The van der Waals surface area contributed by atoms with Crippen molar-refractivity contribution < 1.29 is 46.6 Å². The van der Waals surface area contributed by atoms with Crippen LogP contribution in [0.3, 0.4) is 0 Å². The van der Waals surface area contributed by atoms with Crippen molar-refractivity contribution in [2.75, 3.05) is 0 Å². The van der Waals surface area contributed by atoms with Crippen LogP contribution in [0, 0.1) is 36.4 Å². The molecule has 3 rings (SSSR count). The summed E-state index contributed by atoms with van der Waals surface area (Å²) in [5.41, 5.74) is 1.02. The average Bonchev–Trinajstić information content (AvgIpc) is 2.63. The van der Waals surface area contributed by atoms with E-state index in [1.165, 1.54) is 18.6 Å². The van der Waals surface area contributed by atoms with Gasteiger partial charge in [-0.2, -0.15) is 0 Å². The molecule has 0 atom stereocenters. The summed E-state index contributed by atoms with van der Waals surface area (Å²) >= 11 is 0. The Balaban J connectivity index is 0.000000384. The third kappa shape index (κ3) is 7.05. The molecule has 13 heteroatoms. The second-order valence-electron chi connectivity index (χ2n) is 4.99. The SMILES string of the molecule is Cc1ncc[n+]([O-])c1O.Cc1ncc[n+]([O-])c1O.Cc1ncc[n+]([O-])c1O.[Fe]. The molecule has 152 valence electrons. The molecule has 0 radical (unpaired) electrons. The summed E-state index contributed by atoms with van der Waals surface area (Å²) in [4.78, 5) is 11.0. The molecule has 3 N–H and O–H groups in total. The first-order valence-corrected chi connectivity index (χ1v) is 7.36. The Kier molecular flexibility index (Phi) is 9.92. The van der Waals surface area contributed by atoms with Crippen LogP contribution < -0.4 is 14.2 Å². The minimum Gasteiger partial charge on any atom is -0.616 e. The molecule has 0 aliphatic rings. The molecule has 0 aliphatic heterocycles. The zero-order valence-electron chi connectivity index (χ0n) is 15.1. The first-order chi connectivity index (χ1) is 12.6. The van der Waals surface area contributed by atoms with Crippen LogP contribution in [-0.4, -0.2) is 30.3 Å². The van der Waals surface area contributed by atoms with Crippen molar-refractivity contribution in [3.8, 4) is 17.6 Å². The molecule has 0 aliphatic carbocycles. The summed E-state index contributed by atoms with van der Waals surface area (Å²) in [5.74, 6) is -1.01. The molecule has 3 aromatic heterocycles. The number of hydrogen-bond acceptors (Lipinski definition) is 9. The van der Waals surface area contributed by atoms with Gasteiger partial charge in [-0.15, -0.1) is 14.2 Å². The maximum atomic E-state index is 10.5. The monoisotopic (exact) mass is 434 g/mol. The van der Waals surface area contributed by atoms with Crippen molar-refractivity contribution in [2.45, 2.75) is 20.8 Å². The van der Waals surface area contributed by atoms with Crippen LogP contribution in [-0.2, 0) is 17.1 Å². The summed E-state index contributed by atoms with van der Waals surface area (Å²) in [6.07, 6.45) is 7.43. The van der Waals surface area contributed by atoms with Gasteiger partial charge in [0, 0.05) is 17.1 Å². The normalized spacial score (nSPS) is 9.11. The minimum absolute atomic E-state index is 0. The van der Waals surface area contributed by atoms with Gasteiger partial charge in [0.25, 0.3) is 0 Å². The van der Waals surface area contributed by atoms with E-state index < -0.39 is 0 Å². The van der Waals surface area contributed by atoms with Crippen molar-refractivity contribution in [2.24, 2.45) is 0 Å². The topological polar surface area (TPSA) is 180 Å². The van der Waals surface area contributed by atoms with E-state index in [1.54, 1.807) is 20.8 Å². The summed E-state index contributed by atoms with van der Waals surface area (Å²) in [6.45, 7) is 4.68. The van der Waals surface area contributed by atoms with Crippen LogP contribution in [0.4, 0.5) is 0 Å². The maximum Gasteiger partial charge on any atom is 0.398 e. The molecule has 12 nitrogen and oxygen atoms in total. The average molecular weight is 434 g/mol. The third-order valence-corrected chi connectivity index (χ3v) is 3.01. The van der Waals surface area contributed by atoms with Crippen LogP contribution in [0.2, 0.25) is 0 Å². The van der Waals surface area contributed by atoms with Crippen molar-refractivity contribution in [1.82, 2.24) is 15.0 Å². The van der Waals surface area contributed by atoms with Gasteiger partial charge in [0.2, 0.25) is 18.6 Å². The van der Waals surface area contributed by atoms with Gasteiger partial charge in [0.05, 0.1) is 18.6 Å². The van der Waals surface area contributed by atoms with Crippen molar-refractivity contribution in [3.05, 3.63) is 69.9 Å². The number of rotatable bonds is 0. The van der Waals surface area contributed by atoms with Gasteiger partial charge in [0.1, 0.15) is 0 Å². The fourth-order valence-electron chi connectivity index (χ4n) is 1.48. The fourth-order valence-corrected chi connectivity index (χ4v) is 1.48. The van der Waals surface area contributed by atoms with Crippen molar-refractivity contribution in [1.29, 1.82) is 0 Å². The molecular weight excluding hydrogens is 416 g/mol. The first-order valence-electron chi connectivity index (χ1n) is 7.36. The first kappa shape index (κ1) is 24.6. The van der Waals surface area contributed by atoms with E-state index in [-0.39, 0.29) is 34.7 Å². The Morgan fingerprint density at radius 1 is 0.607 bits per heavy atom. The molecule has 3 heterocycles. The largest absolute Gasteiger partial charge is 0.616 e. The van der Waals surface area contributed by atoms with Gasteiger partial charge in [-0.05, 0) is 20.8 Å². The Labute approximate surface area is 170 Å². The van der Waals surface area contributed by atoms with Gasteiger partial charge in [-0.25, -0.2) is 15.0 Å². The van der Waals surface area contributed by atoms with E-state index in [2.05, 4.69) is 15.0 Å².